The summed E-state index contributed by atoms with van der Waals surface area (Å²) < 4.78 is 31.4. The molecule has 2 N–H and O–H groups in total. The molecule has 2 aromatic carbocycles. The molecule has 0 spiro atoms. The minimum absolute atomic E-state index is 0.133. The molecule has 0 radical (unpaired) electrons. The maximum Gasteiger partial charge on any atom is 0.298 e. The second kappa shape index (κ2) is 5.07. The van der Waals surface area contributed by atoms with Gasteiger partial charge >= 0.3 is 0 Å². The molecule has 0 fully saturated rings. The van der Waals surface area contributed by atoms with Gasteiger partial charge in [0.05, 0.1) is 5.56 Å². The molecule has 20 heavy (non-hydrogen) atoms. The zero-order valence-corrected chi connectivity index (χ0v) is 11.4. The van der Waals surface area contributed by atoms with Crippen LogP contribution in [0.4, 0.5) is 0 Å². The molecule has 0 aliphatic carbocycles. The summed E-state index contributed by atoms with van der Waals surface area (Å²) in [6, 6.07) is 10.6. The maximum absolute atomic E-state index is 12.3. The zero-order valence-electron chi connectivity index (χ0n) is 10.6. The molecule has 0 aliphatic heterocycles. The van der Waals surface area contributed by atoms with Gasteiger partial charge in [-0.3, -0.25) is 9.35 Å². The van der Waals surface area contributed by atoms with Gasteiger partial charge in [0, 0.05) is 5.56 Å². The first-order valence-electron chi connectivity index (χ1n) is 5.72. The number of rotatable bonds is 3. The average Bonchev–Trinajstić information content (AvgIpc) is 2.38. The van der Waals surface area contributed by atoms with Crippen LogP contribution in [-0.2, 0) is 10.1 Å². The van der Waals surface area contributed by atoms with Crippen molar-refractivity contribution in [3.63, 3.8) is 0 Å². The van der Waals surface area contributed by atoms with Gasteiger partial charge < -0.3 is 5.11 Å². The van der Waals surface area contributed by atoms with Crippen LogP contribution in [0.2, 0.25) is 0 Å². The summed E-state index contributed by atoms with van der Waals surface area (Å²) in [5, 5.41) is 9.98. The molecule has 0 bridgehead atoms. The molecule has 0 unspecified atom stereocenters. The zero-order chi connectivity index (χ0) is 14.9. The van der Waals surface area contributed by atoms with E-state index in [-0.39, 0.29) is 5.56 Å². The standard InChI is InChI=1S/C14H12O5S/c1-9-7-8-11(20(17,18)19)14(16)12(9)13(15)10-5-3-2-4-6-10/h2-8,16H,1H3,(H,17,18,19). The first kappa shape index (κ1) is 14.2. The molecule has 0 saturated heterocycles. The Kier molecular flexibility index (Phi) is 3.61. The van der Waals surface area contributed by atoms with Gasteiger partial charge in [0.15, 0.2) is 5.78 Å². The number of hydrogen-bond donors (Lipinski definition) is 2. The lowest BCUT2D eigenvalue weighted by Gasteiger charge is -2.10. The van der Waals surface area contributed by atoms with E-state index in [0.717, 1.165) is 6.07 Å². The molecule has 2 rings (SSSR count). The van der Waals surface area contributed by atoms with Crippen molar-refractivity contribution in [1.82, 2.24) is 0 Å². The van der Waals surface area contributed by atoms with E-state index in [1.165, 1.54) is 6.07 Å². The van der Waals surface area contributed by atoms with Crippen molar-refractivity contribution >= 4 is 15.9 Å². The smallest absolute Gasteiger partial charge is 0.298 e. The molecule has 0 amide bonds. The van der Waals surface area contributed by atoms with Gasteiger partial charge in [-0.1, -0.05) is 36.4 Å². The van der Waals surface area contributed by atoms with Gasteiger partial charge in [-0.2, -0.15) is 8.42 Å². The monoisotopic (exact) mass is 292 g/mol. The van der Waals surface area contributed by atoms with Crippen LogP contribution in [0.3, 0.4) is 0 Å². The van der Waals surface area contributed by atoms with Crippen LogP contribution in [0.1, 0.15) is 21.5 Å². The topological polar surface area (TPSA) is 91.7 Å². The van der Waals surface area contributed by atoms with Crippen molar-refractivity contribution in [2.45, 2.75) is 11.8 Å². The van der Waals surface area contributed by atoms with E-state index in [1.54, 1.807) is 37.3 Å². The van der Waals surface area contributed by atoms with E-state index in [2.05, 4.69) is 0 Å². The maximum atomic E-state index is 12.3. The van der Waals surface area contributed by atoms with E-state index < -0.39 is 26.5 Å². The van der Waals surface area contributed by atoms with Gasteiger partial charge in [0.1, 0.15) is 10.6 Å². The Hall–Kier alpha value is -2.18. The molecule has 0 aliphatic rings. The second-order valence-electron chi connectivity index (χ2n) is 4.27. The molecule has 0 heterocycles. The van der Waals surface area contributed by atoms with Crippen molar-refractivity contribution in [2.75, 3.05) is 0 Å². The lowest BCUT2D eigenvalue weighted by Crippen LogP contribution is -2.08. The lowest BCUT2D eigenvalue weighted by atomic mass is 9.98. The third kappa shape index (κ3) is 2.56. The van der Waals surface area contributed by atoms with Crippen LogP contribution >= 0.6 is 0 Å². The van der Waals surface area contributed by atoms with Crippen molar-refractivity contribution in [3.8, 4) is 5.75 Å². The Balaban J connectivity index is 2.66. The predicted octanol–water partition coefficient (Wildman–Crippen LogP) is 2.18. The fourth-order valence-corrected chi connectivity index (χ4v) is 2.49. The molecule has 5 nitrogen and oxygen atoms in total. The number of aromatic hydroxyl groups is 1. The summed E-state index contributed by atoms with van der Waals surface area (Å²) in [4.78, 5) is 11.7. The van der Waals surface area contributed by atoms with Crippen LogP contribution in [0.25, 0.3) is 0 Å². The second-order valence-corrected chi connectivity index (χ2v) is 5.66. The number of aryl methyl sites for hydroxylation is 1. The fraction of sp³-hybridized carbons (Fsp3) is 0.0714. The number of hydrogen-bond acceptors (Lipinski definition) is 4. The van der Waals surface area contributed by atoms with Gasteiger partial charge in [0.25, 0.3) is 10.1 Å². The largest absolute Gasteiger partial charge is 0.506 e. The molecular weight excluding hydrogens is 280 g/mol. The van der Waals surface area contributed by atoms with Crippen LogP contribution in [0.15, 0.2) is 47.4 Å². The van der Waals surface area contributed by atoms with Crippen LogP contribution in [-0.4, -0.2) is 23.9 Å². The van der Waals surface area contributed by atoms with Crippen LogP contribution in [0, 0.1) is 6.92 Å². The summed E-state index contributed by atoms with van der Waals surface area (Å²) in [5.41, 5.74) is 0.605. The number of benzene rings is 2. The van der Waals surface area contributed by atoms with Crippen molar-refractivity contribution in [2.24, 2.45) is 0 Å². The first-order valence-corrected chi connectivity index (χ1v) is 7.16. The van der Waals surface area contributed by atoms with Crippen LogP contribution in [0.5, 0.6) is 5.75 Å². The quantitative estimate of drug-likeness (QED) is 0.668. The highest BCUT2D eigenvalue weighted by Gasteiger charge is 2.24. The third-order valence-electron chi connectivity index (χ3n) is 2.89. The number of ketones is 1. The van der Waals surface area contributed by atoms with E-state index >= 15 is 0 Å². The Bertz CT molecular complexity index is 764. The van der Waals surface area contributed by atoms with Gasteiger partial charge in [-0.05, 0) is 18.6 Å². The van der Waals surface area contributed by atoms with E-state index in [9.17, 15) is 18.3 Å². The van der Waals surface area contributed by atoms with Crippen molar-refractivity contribution < 1.29 is 22.9 Å². The normalized spacial score (nSPS) is 11.3. The highest BCUT2D eigenvalue weighted by Crippen LogP contribution is 2.31. The lowest BCUT2D eigenvalue weighted by molar-refractivity contribution is 0.103. The van der Waals surface area contributed by atoms with E-state index in [4.69, 9.17) is 4.55 Å². The molecule has 2 aromatic rings. The highest BCUT2D eigenvalue weighted by molar-refractivity contribution is 7.86. The third-order valence-corrected chi connectivity index (χ3v) is 3.78. The molecule has 6 heteroatoms. The Morgan fingerprint density at radius 1 is 1.05 bits per heavy atom. The summed E-state index contributed by atoms with van der Waals surface area (Å²) in [6.07, 6.45) is 0. The SMILES string of the molecule is Cc1ccc(S(=O)(=O)O)c(O)c1C(=O)c1ccccc1. The predicted molar refractivity (Wildman–Crippen MR) is 72.5 cm³/mol. The number of carbonyl (C=O) groups is 1. The van der Waals surface area contributed by atoms with Gasteiger partial charge in [-0.25, -0.2) is 0 Å². The highest BCUT2D eigenvalue weighted by atomic mass is 32.2. The van der Waals surface area contributed by atoms with Crippen molar-refractivity contribution in [3.05, 3.63) is 59.2 Å². The van der Waals surface area contributed by atoms with Crippen LogP contribution < -0.4 is 0 Å². The molecular formula is C14H12O5S. The molecule has 0 saturated carbocycles. The average molecular weight is 292 g/mol. The van der Waals surface area contributed by atoms with Gasteiger partial charge in [-0.15, -0.1) is 0 Å². The van der Waals surface area contributed by atoms with Gasteiger partial charge in [0.2, 0.25) is 0 Å². The Labute approximate surface area is 116 Å². The van der Waals surface area contributed by atoms with E-state index in [1.807, 2.05) is 0 Å². The minimum Gasteiger partial charge on any atom is -0.506 e. The summed E-state index contributed by atoms with van der Waals surface area (Å²) in [5.74, 6) is -1.24. The summed E-state index contributed by atoms with van der Waals surface area (Å²) >= 11 is 0. The summed E-state index contributed by atoms with van der Waals surface area (Å²) in [6.45, 7) is 1.57. The summed E-state index contributed by atoms with van der Waals surface area (Å²) in [7, 11) is -4.59. The Morgan fingerprint density at radius 3 is 2.20 bits per heavy atom. The number of phenolic OH excluding ortho intramolecular Hbond substituents is 1. The Morgan fingerprint density at radius 2 is 1.65 bits per heavy atom. The van der Waals surface area contributed by atoms with E-state index in [0.29, 0.717) is 11.1 Å². The first-order chi connectivity index (χ1) is 9.32. The number of phenols is 1. The molecule has 104 valence electrons. The minimum atomic E-state index is -4.59. The van der Waals surface area contributed by atoms with Crippen molar-refractivity contribution in [1.29, 1.82) is 0 Å². The number of carbonyl (C=O) groups excluding carboxylic acids is 1. The molecule has 0 atom stereocenters. The molecule has 0 aromatic heterocycles. The fourth-order valence-electron chi connectivity index (χ4n) is 1.90.